The van der Waals surface area contributed by atoms with Crippen molar-refractivity contribution < 1.29 is 24.1 Å². The van der Waals surface area contributed by atoms with Gasteiger partial charge in [-0.25, -0.2) is 4.79 Å². The second-order valence-corrected chi connectivity index (χ2v) is 1.81. The number of cyclic esters (lactones) is 2. The quantitative estimate of drug-likeness (QED) is 0.357. The average Bonchev–Trinajstić information content (AvgIpc) is 2.37. The fourth-order valence-electron chi connectivity index (χ4n) is 0.601. The monoisotopic (exact) mass is 160 g/mol. The molecule has 62 valence electrons. The van der Waals surface area contributed by atoms with E-state index in [1.165, 1.54) is 6.08 Å². The van der Waals surface area contributed by atoms with E-state index in [1.807, 2.05) is 0 Å². The summed E-state index contributed by atoms with van der Waals surface area (Å²) in [4.78, 5) is 10.3. The molecule has 1 fully saturated rings. The molecule has 1 rings (SSSR count). The van der Waals surface area contributed by atoms with Crippen LogP contribution in [0.25, 0.3) is 0 Å². The smallest absolute Gasteiger partial charge is 0.426 e. The fourth-order valence-corrected chi connectivity index (χ4v) is 0.601. The highest BCUT2D eigenvalue weighted by atomic mass is 16.8. The molecule has 0 unspecified atom stereocenters. The van der Waals surface area contributed by atoms with Crippen LogP contribution in [-0.4, -0.2) is 31.3 Å². The molecule has 1 aliphatic heterocycles. The first-order valence-corrected chi connectivity index (χ1v) is 3.05. The normalized spacial score (nSPS) is 20.1. The zero-order valence-corrected chi connectivity index (χ0v) is 5.78. The lowest BCUT2D eigenvalue weighted by molar-refractivity contribution is 0.0125. The molecule has 5 nitrogen and oxygen atoms in total. The van der Waals surface area contributed by atoms with E-state index in [1.54, 1.807) is 0 Å². The first-order valence-electron chi connectivity index (χ1n) is 3.05. The molecule has 1 N–H and O–H groups in total. The van der Waals surface area contributed by atoms with Gasteiger partial charge in [0.1, 0.15) is 12.6 Å². The Morgan fingerprint density at radius 3 is 3.09 bits per heavy atom. The number of ether oxygens (including phenoxy) is 3. The molecule has 1 aliphatic rings. The van der Waals surface area contributed by atoms with Crippen molar-refractivity contribution in [2.45, 2.75) is 0 Å². The summed E-state index contributed by atoms with van der Waals surface area (Å²) in [6, 6.07) is 0. The Kier molecular flexibility index (Phi) is 2.88. The number of aliphatic hydroxyl groups is 1. The lowest BCUT2D eigenvalue weighted by Gasteiger charge is -1.93. The maximum atomic E-state index is 10.3. The van der Waals surface area contributed by atoms with Gasteiger partial charge in [0.05, 0.1) is 6.61 Å². The minimum absolute atomic E-state index is 0.146. The van der Waals surface area contributed by atoms with Crippen molar-refractivity contribution in [1.82, 2.24) is 0 Å². The highest BCUT2D eigenvalue weighted by molar-refractivity contribution is 5.64. The zero-order valence-electron chi connectivity index (χ0n) is 5.78. The van der Waals surface area contributed by atoms with Crippen molar-refractivity contribution in [1.29, 1.82) is 0 Å². The number of hydrogen-bond donors (Lipinski definition) is 1. The molecular formula is C6H8O5. The van der Waals surface area contributed by atoms with Gasteiger partial charge in [-0.15, -0.1) is 0 Å². The molecule has 0 atom stereocenters. The minimum Gasteiger partial charge on any atom is -0.426 e. The number of rotatable bonds is 3. The Morgan fingerprint density at radius 2 is 2.55 bits per heavy atom. The summed E-state index contributed by atoms with van der Waals surface area (Å²) < 4.78 is 13.6. The number of carbonyl (C=O) groups is 1. The van der Waals surface area contributed by atoms with Gasteiger partial charge in [-0.1, -0.05) is 0 Å². The highest BCUT2D eigenvalue weighted by Gasteiger charge is 2.17. The molecule has 0 aromatic carbocycles. The Balaban J connectivity index is 2.25. The van der Waals surface area contributed by atoms with Crippen LogP contribution in [0, 0.1) is 0 Å². The van der Waals surface area contributed by atoms with Crippen LogP contribution in [0.15, 0.2) is 11.8 Å². The standard InChI is InChI=1S/C6H8O5/c7-4-9-2-1-5-3-10-6(8)11-5/h1,7H,2-4H2. The van der Waals surface area contributed by atoms with Gasteiger partial charge in [-0.3, -0.25) is 0 Å². The third-order valence-electron chi connectivity index (χ3n) is 1.07. The maximum Gasteiger partial charge on any atom is 0.514 e. The zero-order chi connectivity index (χ0) is 8.10. The van der Waals surface area contributed by atoms with Crippen molar-refractivity contribution >= 4 is 6.16 Å². The van der Waals surface area contributed by atoms with Crippen LogP contribution in [-0.2, 0) is 14.2 Å². The van der Waals surface area contributed by atoms with Gasteiger partial charge in [0.15, 0.2) is 6.61 Å². The molecule has 1 saturated heterocycles. The van der Waals surface area contributed by atoms with Crippen molar-refractivity contribution in [2.24, 2.45) is 0 Å². The predicted molar refractivity (Wildman–Crippen MR) is 33.6 cm³/mol. The van der Waals surface area contributed by atoms with Gasteiger partial charge < -0.3 is 19.3 Å². The van der Waals surface area contributed by atoms with Crippen molar-refractivity contribution in [3.05, 3.63) is 11.8 Å². The molecule has 0 radical (unpaired) electrons. The van der Waals surface area contributed by atoms with Gasteiger partial charge in [0, 0.05) is 0 Å². The molecule has 0 aromatic heterocycles. The lowest BCUT2D eigenvalue weighted by atomic mass is 10.5. The Hall–Kier alpha value is -1.07. The van der Waals surface area contributed by atoms with E-state index in [0.717, 1.165) is 0 Å². The fraction of sp³-hybridized carbons (Fsp3) is 0.500. The van der Waals surface area contributed by atoms with E-state index in [-0.39, 0.29) is 20.0 Å². The first kappa shape index (κ1) is 8.03. The summed E-state index contributed by atoms with van der Waals surface area (Å²) in [6.07, 6.45) is 0.835. The van der Waals surface area contributed by atoms with Crippen LogP contribution in [0.4, 0.5) is 4.79 Å². The molecular weight excluding hydrogens is 152 g/mol. The van der Waals surface area contributed by atoms with Crippen molar-refractivity contribution in [3.63, 3.8) is 0 Å². The lowest BCUT2D eigenvalue weighted by Crippen LogP contribution is -1.94. The highest BCUT2D eigenvalue weighted by Crippen LogP contribution is 2.08. The average molecular weight is 160 g/mol. The summed E-state index contributed by atoms with van der Waals surface area (Å²) >= 11 is 0. The van der Waals surface area contributed by atoms with Crippen molar-refractivity contribution in [3.8, 4) is 0 Å². The van der Waals surface area contributed by atoms with Crippen LogP contribution in [0.2, 0.25) is 0 Å². The number of hydrogen-bond acceptors (Lipinski definition) is 5. The second-order valence-electron chi connectivity index (χ2n) is 1.81. The third-order valence-corrected chi connectivity index (χ3v) is 1.07. The molecule has 1 heterocycles. The molecule has 0 saturated carbocycles. The van der Waals surface area contributed by atoms with Crippen molar-refractivity contribution in [2.75, 3.05) is 20.0 Å². The molecule has 11 heavy (non-hydrogen) atoms. The van der Waals surface area contributed by atoms with Crippen LogP contribution in [0.1, 0.15) is 0 Å². The van der Waals surface area contributed by atoms with Crippen LogP contribution < -0.4 is 0 Å². The van der Waals surface area contributed by atoms with Crippen LogP contribution in [0.3, 0.4) is 0 Å². The largest absolute Gasteiger partial charge is 0.514 e. The molecule has 0 bridgehead atoms. The van der Waals surface area contributed by atoms with E-state index < -0.39 is 6.16 Å². The van der Waals surface area contributed by atoms with Gasteiger partial charge in [-0.05, 0) is 6.08 Å². The molecule has 0 aromatic rings. The summed E-state index contributed by atoms with van der Waals surface area (Å²) in [7, 11) is 0. The Morgan fingerprint density at radius 1 is 1.73 bits per heavy atom. The molecule has 5 heteroatoms. The van der Waals surface area contributed by atoms with Gasteiger partial charge >= 0.3 is 6.16 Å². The predicted octanol–water partition coefficient (Wildman–Crippen LogP) is 0.00350. The number of carbonyl (C=O) groups excluding carboxylic acids is 1. The molecule has 0 amide bonds. The van der Waals surface area contributed by atoms with Crippen LogP contribution >= 0.6 is 0 Å². The van der Waals surface area contributed by atoms with E-state index >= 15 is 0 Å². The summed E-state index contributed by atoms with van der Waals surface area (Å²) in [5.74, 6) is 0.420. The SMILES string of the molecule is O=C1OCC(=CCOCO)O1. The van der Waals surface area contributed by atoms with E-state index in [2.05, 4.69) is 14.2 Å². The van der Waals surface area contributed by atoms with Crippen LogP contribution in [0.5, 0.6) is 0 Å². The second kappa shape index (κ2) is 3.95. The summed E-state index contributed by atoms with van der Waals surface area (Å²) in [6.45, 7) is 0.00861. The first-order chi connectivity index (χ1) is 5.33. The maximum absolute atomic E-state index is 10.3. The molecule has 0 spiro atoms. The summed E-state index contributed by atoms with van der Waals surface area (Å²) in [5, 5.41) is 8.20. The molecule has 0 aliphatic carbocycles. The van der Waals surface area contributed by atoms with Gasteiger partial charge in [0.25, 0.3) is 0 Å². The van der Waals surface area contributed by atoms with E-state index in [9.17, 15) is 4.79 Å². The Bertz CT molecular complexity index is 174. The minimum atomic E-state index is -0.694. The van der Waals surface area contributed by atoms with E-state index in [4.69, 9.17) is 5.11 Å². The summed E-state index contributed by atoms with van der Waals surface area (Å²) in [5.41, 5.74) is 0. The van der Waals surface area contributed by atoms with Gasteiger partial charge in [-0.2, -0.15) is 0 Å². The third kappa shape index (κ3) is 2.57. The number of aliphatic hydroxyl groups excluding tert-OH is 1. The van der Waals surface area contributed by atoms with E-state index in [0.29, 0.717) is 5.76 Å². The van der Waals surface area contributed by atoms with Gasteiger partial charge in [0.2, 0.25) is 0 Å². The Labute approximate surface area is 63.2 Å². The topological polar surface area (TPSA) is 65.0 Å².